The van der Waals surface area contributed by atoms with E-state index in [-0.39, 0.29) is 5.91 Å². The largest absolute Gasteiger partial charge is 0.468 e. The summed E-state index contributed by atoms with van der Waals surface area (Å²) < 4.78 is 5.28. The number of hydrogen-bond donors (Lipinski definition) is 0. The molecule has 0 saturated carbocycles. The Morgan fingerprint density at radius 3 is 2.71 bits per heavy atom. The Morgan fingerprint density at radius 1 is 1.17 bits per heavy atom. The van der Waals surface area contributed by atoms with Gasteiger partial charge in [-0.1, -0.05) is 23.7 Å². The first-order chi connectivity index (χ1) is 11.7. The third-order valence-electron chi connectivity index (χ3n) is 4.07. The maximum absolute atomic E-state index is 12.3. The van der Waals surface area contributed by atoms with Crippen molar-refractivity contribution in [2.45, 2.75) is 12.3 Å². The first-order valence-corrected chi connectivity index (χ1v) is 9.59. The molecular formula is C18H21ClN2O2S. The number of hydrogen-bond acceptors (Lipinski definition) is 4. The summed E-state index contributed by atoms with van der Waals surface area (Å²) in [6.45, 7) is 4.28. The normalized spacial score (nSPS) is 15.6. The molecule has 0 aliphatic carbocycles. The number of amides is 1. The lowest BCUT2D eigenvalue weighted by Gasteiger charge is -2.34. The third kappa shape index (κ3) is 5.03. The summed E-state index contributed by atoms with van der Waals surface area (Å²) in [5.41, 5.74) is 1.22. The summed E-state index contributed by atoms with van der Waals surface area (Å²) in [6.07, 6.45) is 1.66. The molecule has 1 saturated heterocycles. The highest BCUT2D eigenvalue weighted by Gasteiger charge is 2.21. The number of benzene rings is 1. The highest BCUT2D eigenvalue weighted by molar-refractivity contribution is 7.99. The summed E-state index contributed by atoms with van der Waals surface area (Å²) in [6, 6.07) is 11.8. The summed E-state index contributed by atoms with van der Waals surface area (Å²) in [5, 5.41) is 0.773. The van der Waals surface area contributed by atoms with Gasteiger partial charge in [0, 0.05) is 37.7 Å². The minimum absolute atomic E-state index is 0.217. The quantitative estimate of drug-likeness (QED) is 0.786. The predicted molar refractivity (Wildman–Crippen MR) is 98.2 cm³/mol. The lowest BCUT2D eigenvalue weighted by molar-refractivity contribution is -0.130. The van der Waals surface area contributed by atoms with Crippen molar-refractivity contribution in [1.29, 1.82) is 0 Å². The van der Waals surface area contributed by atoms with E-state index in [1.165, 1.54) is 5.56 Å². The van der Waals surface area contributed by atoms with E-state index in [4.69, 9.17) is 16.0 Å². The van der Waals surface area contributed by atoms with Gasteiger partial charge in [-0.3, -0.25) is 9.69 Å². The monoisotopic (exact) mass is 364 g/mol. The van der Waals surface area contributed by atoms with Gasteiger partial charge in [-0.05, 0) is 29.8 Å². The van der Waals surface area contributed by atoms with Crippen molar-refractivity contribution in [1.82, 2.24) is 9.80 Å². The fraction of sp³-hybridized carbons (Fsp3) is 0.389. The molecule has 1 aliphatic heterocycles. The molecule has 128 valence electrons. The van der Waals surface area contributed by atoms with Gasteiger partial charge in [0.2, 0.25) is 5.91 Å². The van der Waals surface area contributed by atoms with E-state index in [0.717, 1.165) is 49.3 Å². The maximum atomic E-state index is 12.3. The van der Waals surface area contributed by atoms with Crippen LogP contribution in [0.25, 0.3) is 0 Å². The Morgan fingerprint density at radius 2 is 2.00 bits per heavy atom. The number of rotatable bonds is 6. The Kier molecular flexibility index (Phi) is 6.24. The Labute approximate surface area is 151 Å². The van der Waals surface area contributed by atoms with Crippen LogP contribution in [0.1, 0.15) is 11.3 Å². The Balaban J connectivity index is 1.38. The van der Waals surface area contributed by atoms with Crippen LogP contribution in [-0.2, 0) is 17.1 Å². The molecule has 1 aromatic carbocycles. The molecule has 0 N–H and O–H groups in total. The molecule has 0 spiro atoms. The van der Waals surface area contributed by atoms with Gasteiger partial charge in [0.1, 0.15) is 5.76 Å². The van der Waals surface area contributed by atoms with Gasteiger partial charge in [0.25, 0.3) is 0 Å². The van der Waals surface area contributed by atoms with E-state index in [1.54, 1.807) is 18.0 Å². The van der Waals surface area contributed by atoms with Crippen LogP contribution >= 0.6 is 23.4 Å². The number of furan rings is 1. The first kappa shape index (κ1) is 17.4. The Bertz CT molecular complexity index is 655. The maximum Gasteiger partial charge on any atom is 0.232 e. The molecule has 1 fully saturated rings. The lowest BCUT2D eigenvalue weighted by atomic mass is 10.2. The van der Waals surface area contributed by atoms with Crippen molar-refractivity contribution >= 4 is 29.3 Å². The van der Waals surface area contributed by atoms with Crippen molar-refractivity contribution in [3.05, 3.63) is 59.0 Å². The standard InChI is InChI=1S/C18H21ClN2O2S/c19-16-4-1-3-15(11-16)12-20-6-8-21(9-7-20)18(22)14-24-13-17-5-2-10-23-17/h1-5,10-11H,6-9,12-14H2. The van der Waals surface area contributed by atoms with Gasteiger partial charge in [-0.2, -0.15) is 0 Å². The van der Waals surface area contributed by atoms with E-state index in [0.29, 0.717) is 5.75 Å². The molecule has 6 heteroatoms. The van der Waals surface area contributed by atoms with E-state index in [2.05, 4.69) is 11.0 Å². The fourth-order valence-electron chi connectivity index (χ4n) is 2.77. The smallest absolute Gasteiger partial charge is 0.232 e. The van der Waals surface area contributed by atoms with Gasteiger partial charge in [-0.25, -0.2) is 0 Å². The molecule has 0 atom stereocenters. The second-order valence-electron chi connectivity index (χ2n) is 5.86. The Hall–Kier alpha value is -1.43. The van der Waals surface area contributed by atoms with Crippen LogP contribution in [0, 0.1) is 0 Å². The van der Waals surface area contributed by atoms with Crippen molar-refractivity contribution in [3.63, 3.8) is 0 Å². The SMILES string of the molecule is O=C(CSCc1ccco1)N1CCN(Cc2cccc(Cl)c2)CC1. The van der Waals surface area contributed by atoms with E-state index in [9.17, 15) is 4.79 Å². The van der Waals surface area contributed by atoms with E-state index < -0.39 is 0 Å². The average molecular weight is 365 g/mol. The summed E-state index contributed by atoms with van der Waals surface area (Å²) in [5.74, 6) is 2.38. The van der Waals surface area contributed by atoms with Crippen LogP contribution in [0.3, 0.4) is 0 Å². The van der Waals surface area contributed by atoms with Crippen molar-refractivity contribution in [2.75, 3.05) is 31.9 Å². The number of carbonyl (C=O) groups excluding carboxylic acids is 1. The molecule has 1 aliphatic rings. The summed E-state index contributed by atoms with van der Waals surface area (Å²) in [7, 11) is 0. The van der Waals surface area contributed by atoms with Crippen LogP contribution < -0.4 is 0 Å². The molecule has 3 rings (SSSR count). The molecule has 1 aromatic heterocycles. The zero-order chi connectivity index (χ0) is 16.8. The van der Waals surface area contributed by atoms with E-state index >= 15 is 0 Å². The molecule has 2 heterocycles. The van der Waals surface area contributed by atoms with Crippen LogP contribution in [0.15, 0.2) is 47.1 Å². The number of halogens is 1. The molecular weight excluding hydrogens is 344 g/mol. The van der Waals surface area contributed by atoms with Crippen LogP contribution in [0.2, 0.25) is 5.02 Å². The van der Waals surface area contributed by atoms with Gasteiger partial charge in [0.15, 0.2) is 0 Å². The molecule has 24 heavy (non-hydrogen) atoms. The number of thioether (sulfide) groups is 1. The second-order valence-corrected chi connectivity index (χ2v) is 7.28. The third-order valence-corrected chi connectivity index (χ3v) is 5.24. The molecule has 1 amide bonds. The van der Waals surface area contributed by atoms with Gasteiger partial charge in [0.05, 0.1) is 17.8 Å². The predicted octanol–water partition coefficient (Wildman–Crippen LogP) is 3.51. The molecule has 2 aromatic rings. The molecule has 0 bridgehead atoms. The van der Waals surface area contributed by atoms with Crippen LogP contribution in [0.4, 0.5) is 0 Å². The molecule has 4 nitrogen and oxygen atoms in total. The fourth-order valence-corrected chi connectivity index (χ4v) is 3.81. The van der Waals surface area contributed by atoms with E-state index in [1.807, 2.05) is 35.2 Å². The number of piperazine rings is 1. The van der Waals surface area contributed by atoms with Gasteiger partial charge >= 0.3 is 0 Å². The minimum atomic E-state index is 0.217. The van der Waals surface area contributed by atoms with Crippen LogP contribution in [-0.4, -0.2) is 47.6 Å². The molecule has 0 radical (unpaired) electrons. The highest BCUT2D eigenvalue weighted by atomic mass is 35.5. The summed E-state index contributed by atoms with van der Waals surface area (Å²) in [4.78, 5) is 16.6. The zero-order valence-electron chi connectivity index (χ0n) is 13.5. The number of carbonyl (C=O) groups is 1. The lowest BCUT2D eigenvalue weighted by Crippen LogP contribution is -2.48. The first-order valence-electron chi connectivity index (χ1n) is 8.05. The second kappa shape index (κ2) is 8.60. The minimum Gasteiger partial charge on any atom is -0.468 e. The average Bonchev–Trinajstić information content (AvgIpc) is 3.09. The van der Waals surface area contributed by atoms with Crippen molar-refractivity contribution < 1.29 is 9.21 Å². The highest BCUT2D eigenvalue weighted by Crippen LogP contribution is 2.16. The zero-order valence-corrected chi connectivity index (χ0v) is 15.1. The molecule has 0 unspecified atom stereocenters. The van der Waals surface area contributed by atoms with Gasteiger partial charge in [-0.15, -0.1) is 11.8 Å². The number of nitrogens with zero attached hydrogens (tertiary/aromatic N) is 2. The van der Waals surface area contributed by atoms with Gasteiger partial charge < -0.3 is 9.32 Å². The summed E-state index contributed by atoms with van der Waals surface area (Å²) >= 11 is 7.64. The van der Waals surface area contributed by atoms with Crippen molar-refractivity contribution in [3.8, 4) is 0 Å². The van der Waals surface area contributed by atoms with Crippen molar-refractivity contribution in [2.24, 2.45) is 0 Å². The van der Waals surface area contributed by atoms with Crippen LogP contribution in [0.5, 0.6) is 0 Å². The topological polar surface area (TPSA) is 36.7 Å².